The molecule has 1 aromatic rings. The van der Waals surface area contributed by atoms with Gasteiger partial charge in [-0.25, -0.2) is 9.18 Å². The van der Waals surface area contributed by atoms with Crippen LogP contribution < -0.4 is 10.3 Å². The Labute approximate surface area is 104 Å². The van der Waals surface area contributed by atoms with E-state index in [4.69, 9.17) is 0 Å². The molecule has 1 heterocycles. The average Bonchev–Trinajstić information content (AvgIpc) is 2.30. The maximum absolute atomic E-state index is 12.7. The smallest absolute Gasteiger partial charge is 0.462 e. The zero-order chi connectivity index (χ0) is 14.6. The van der Waals surface area contributed by atoms with Crippen LogP contribution in [0.4, 0.5) is 17.6 Å². The van der Waals surface area contributed by atoms with Crippen molar-refractivity contribution in [2.75, 3.05) is 6.61 Å². The lowest BCUT2D eigenvalue weighted by molar-refractivity contribution is -0.275. The van der Waals surface area contributed by atoms with E-state index in [1.54, 1.807) is 0 Å². The van der Waals surface area contributed by atoms with Crippen molar-refractivity contribution in [2.24, 2.45) is 0 Å². The Hall–Kier alpha value is -2.06. The largest absolute Gasteiger partial charge is 0.573 e. The summed E-state index contributed by atoms with van der Waals surface area (Å²) >= 11 is 0. The average molecular weight is 283 g/mol. The van der Waals surface area contributed by atoms with Gasteiger partial charge >= 0.3 is 12.3 Å². The molecule has 0 saturated heterocycles. The number of halogens is 4. The first-order valence-corrected chi connectivity index (χ1v) is 5.03. The predicted octanol–water partition coefficient (Wildman–Crippen LogP) is 1.92. The first kappa shape index (κ1) is 15.0. The standard InChI is InChI=1S/C10H9F4NO4/c1-2-18-9(17)6-5(3-11)4-15-8(16)7(6)19-10(12,13)14/h4H,2-3H2,1H3,(H,15,16). The summed E-state index contributed by atoms with van der Waals surface area (Å²) in [6, 6.07) is 0. The van der Waals surface area contributed by atoms with Crippen molar-refractivity contribution in [2.45, 2.75) is 20.0 Å². The van der Waals surface area contributed by atoms with Crippen molar-refractivity contribution < 1.29 is 31.8 Å². The third kappa shape index (κ3) is 3.70. The summed E-state index contributed by atoms with van der Waals surface area (Å²) in [5.41, 5.74) is -2.64. The van der Waals surface area contributed by atoms with Crippen molar-refractivity contribution in [3.8, 4) is 5.75 Å². The van der Waals surface area contributed by atoms with Gasteiger partial charge < -0.3 is 14.5 Å². The van der Waals surface area contributed by atoms with E-state index in [0.717, 1.165) is 6.20 Å². The first-order valence-electron chi connectivity index (χ1n) is 5.03. The lowest BCUT2D eigenvalue weighted by Gasteiger charge is -2.13. The fourth-order valence-corrected chi connectivity index (χ4v) is 1.30. The van der Waals surface area contributed by atoms with E-state index in [-0.39, 0.29) is 6.61 Å². The number of hydrogen-bond donors (Lipinski definition) is 1. The maximum atomic E-state index is 12.7. The van der Waals surface area contributed by atoms with Crippen molar-refractivity contribution >= 4 is 5.97 Å². The fourth-order valence-electron chi connectivity index (χ4n) is 1.30. The normalized spacial score (nSPS) is 11.2. The van der Waals surface area contributed by atoms with Crippen LogP contribution in [0.25, 0.3) is 0 Å². The van der Waals surface area contributed by atoms with Gasteiger partial charge in [0.15, 0.2) is 0 Å². The number of carbonyl (C=O) groups excluding carboxylic acids is 1. The highest BCUT2D eigenvalue weighted by Crippen LogP contribution is 2.26. The van der Waals surface area contributed by atoms with Gasteiger partial charge in [-0.3, -0.25) is 4.79 Å². The Balaban J connectivity index is 3.41. The monoisotopic (exact) mass is 283 g/mol. The van der Waals surface area contributed by atoms with Gasteiger partial charge in [-0.1, -0.05) is 0 Å². The van der Waals surface area contributed by atoms with Gasteiger partial charge in [0.2, 0.25) is 5.75 Å². The molecule has 5 nitrogen and oxygen atoms in total. The van der Waals surface area contributed by atoms with Crippen LogP contribution in [0.3, 0.4) is 0 Å². The van der Waals surface area contributed by atoms with Crippen LogP contribution in [0.15, 0.2) is 11.0 Å². The first-order chi connectivity index (χ1) is 8.80. The van der Waals surface area contributed by atoms with Gasteiger partial charge in [-0.15, -0.1) is 13.2 Å². The van der Waals surface area contributed by atoms with E-state index >= 15 is 0 Å². The van der Waals surface area contributed by atoms with Gasteiger partial charge in [-0.05, 0) is 6.92 Å². The van der Waals surface area contributed by atoms with Crippen molar-refractivity contribution in [3.05, 3.63) is 27.7 Å². The highest BCUT2D eigenvalue weighted by molar-refractivity contribution is 5.93. The summed E-state index contributed by atoms with van der Waals surface area (Å²) in [7, 11) is 0. The Morgan fingerprint density at radius 2 is 2.05 bits per heavy atom. The van der Waals surface area contributed by atoms with Crippen molar-refractivity contribution in [1.29, 1.82) is 0 Å². The molecule has 1 rings (SSSR count). The molecule has 0 radical (unpaired) electrons. The molecule has 0 atom stereocenters. The number of hydrogen-bond acceptors (Lipinski definition) is 4. The molecule has 9 heteroatoms. The van der Waals surface area contributed by atoms with Crippen LogP contribution in [-0.2, 0) is 11.4 Å². The molecule has 106 valence electrons. The molecule has 1 aromatic heterocycles. The molecular formula is C10H9F4NO4. The molecular weight excluding hydrogens is 274 g/mol. The molecule has 0 amide bonds. The second kappa shape index (κ2) is 5.72. The molecule has 0 spiro atoms. The highest BCUT2D eigenvalue weighted by atomic mass is 19.4. The second-order valence-corrected chi connectivity index (χ2v) is 3.25. The number of ether oxygens (including phenoxy) is 2. The number of H-pyrrole nitrogens is 1. The second-order valence-electron chi connectivity index (χ2n) is 3.25. The summed E-state index contributed by atoms with van der Waals surface area (Å²) in [5.74, 6) is -2.60. The zero-order valence-electron chi connectivity index (χ0n) is 9.64. The van der Waals surface area contributed by atoms with E-state index in [1.807, 2.05) is 4.98 Å². The molecule has 0 fully saturated rings. The van der Waals surface area contributed by atoms with E-state index in [1.165, 1.54) is 6.92 Å². The predicted molar refractivity (Wildman–Crippen MR) is 54.5 cm³/mol. The molecule has 0 bridgehead atoms. The topological polar surface area (TPSA) is 68.4 Å². The SMILES string of the molecule is CCOC(=O)c1c(CF)c[nH]c(=O)c1OC(F)(F)F. The van der Waals surface area contributed by atoms with Crippen LogP contribution in [0.2, 0.25) is 0 Å². The minimum absolute atomic E-state index is 0.150. The van der Waals surface area contributed by atoms with Crippen molar-refractivity contribution in [1.82, 2.24) is 4.98 Å². The number of alkyl halides is 4. The number of pyridine rings is 1. The Bertz CT molecular complexity index is 523. The van der Waals surface area contributed by atoms with Gasteiger partial charge in [0.05, 0.1) is 6.61 Å². The molecule has 0 aromatic carbocycles. The number of carbonyl (C=O) groups is 1. The third-order valence-corrected chi connectivity index (χ3v) is 1.97. The van der Waals surface area contributed by atoms with Gasteiger partial charge in [-0.2, -0.15) is 0 Å². The highest BCUT2D eigenvalue weighted by Gasteiger charge is 2.35. The quantitative estimate of drug-likeness (QED) is 0.677. The number of aromatic nitrogens is 1. The molecule has 0 saturated carbocycles. The fraction of sp³-hybridized carbons (Fsp3) is 0.400. The minimum atomic E-state index is -5.19. The Kier molecular flexibility index (Phi) is 4.52. The summed E-state index contributed by atoms with van der Waals surface area (Å²) in [6.45, 7) is -0.00750. The lowest BCUT2D eigenvalue weighted by Crippen LogP contribution is -2.26. The third-order valence-electron chi connectivity index (χ3n) is 1.97. The van der Waals surface area contributed by atoms with Crippen LogP contribution in [0, 0.1) is 0 Å². The summed E-state index contributed by atoms with van der Waals surface area (Å²) in [6.07, 6.45) is -4.40. The lowest BCUT2D eigenvalue weighted by atomic mass is 10.1. The van der Waals surface area contributed by atoms with Gasteiger partial charge in [0, 0.05) is 11.8 Å². The van der Waals surface area contributed by atoms with E-state index < -0.39 is 41.4 Å². The van der Waals surface area contributed by atoms with E-state index in [0.29, 0.717) is 0 Å². The molecule has 1 N–H and O–H groups in total. The molecule has 0 aliphatic rings. The summed E-state index contributed by atoms with van der Waals surface area (Å²) in [5, 5.41) is 0. The van der Waals surface area contributed by atoms with Gasteiger partial charge in [0.1, 0.15) is 12.2 Å². The number of aromatic amines is 1. The van der Waals surface area contributed by atoms with Crippen LogP contribution in [0.1, 0.15) is 22.8 Å². The van der Waals surface area contributed by atoms with E-state index in [2.05, 4.69) is 9.47 Å². The zero-order valence-corrected chi connectivity index (χ0v) is 9.64. The van der Waals surface area contributed by atoms with Gasteiger partial charge in [0.25, 0.3) is 5.56 Å². The minimum Gasteiger partial charge on any atom is -0.462 e. The van der Waals surface area contributed by atoms with E-state index in [9.17, 15) is 27.2 Å². The Morgan fingerprint density at radius 1 is 1.42 bits per heavy atom. The number of esters is 1. The summed E-state index contributed by atoms with van der Waals surface area (Å²) < 4.78 is 57.1. The molecule has 19 heavy (non-hydrogen) atoms. The van der Waals surface area contributed by atoms with Crippen LogP contribution in [0.5, 0.6) is 5.75 Å². The molecule has 0 aliphatic carbocycles. The maximum Gasteiger partial charge on any atom is 0.573 e. The van der Waals surface area contributed by atoms with Crippen LogP contribution >= 0.6 is 0 Å². The molecule has 0 unspecified atom stereocenters. The van der Waals surface area contributed by atoms with Crippen LogP contribution in [-0.4, -0.2) is 23.9 Å². The number of nitrogens with one attached hydrogen (secondary N) is 1. The summed E-state index contributed by atoms with van der Waals surface area (Å²) in [4.78, 5) is 24.6. The molecule has 0 aliphatic heterocycles. The number of rotatable bonds is 4. The Morgan fingerprint density at radius 3 is 2.53 bits per heavy atom. The van der Waals surface area contributed by atoms with Crippen molar-refractivity contribution in [3.63, 3.8) is 0 Å².